The molecule has 0 N–H and O–H groups in total. The van der Waals surface area contributed by atoms with Gasteiger partial charge in [-0.25, -0.2) is 9.97 Å². The highest BCUT2D eigenvalue weighted by molar-refractivity contribution is 7.11. The molecule has 0 aliphatic carbocycles. The van der Waals surface area contributed by atoms with Crippen LogP contribution >= 0.6 is 11.3 Å². The van der Waals surface area contributed by atoms with Gasteiger partial charge in [-0.1, -0.05) is 18.2 Å². The molecule has 0 radical (unpaired) electrons. The Labute approximate surface area is 151 Å². The molecule has 1 aromatic carbocycles. The molecular formula is C20H20N4S. The molecule has 126 valence electrons. The summed E-state index contributed by atoms with van der Waals surface area (Å²) in [5.74, 6) is 1.37. The second kappa shape index (κ2) is 6.45. The smallest absolute Gasteiger partial charge is 0.147 e. The molecule has 0 atom stereocenters. The van der Waals surface area contributed by atoms with Gasteiger partial charge in [0.05, 0.1) is 16.1 Å². The number of benzene rings is 1. The number of thiazole rings is 1. The first-order chi connectivity index (χ1) is 12.2. The molecule has 1 saturated heterocycles. The number of fused-ring (bicyclic) bond motifs is 1. The first-order valence-electron chi connectivity index (χ1n) is 8.64. The van der Waals surface area contributed by atoms with Crippen molar-refractivity contribution in [3.63, 3.8) is 0 Å². The lowest BCUT2D eigenvalue weighted by Gasteiger charge is -2.33. The van der Waals surface area contributed by atoms with E-state index in [1.165, 1.54) is 9.88 Å². The molecule has 1 fully saturated rings. The molecule has 1 aliphatic rings. The van der Waals surface area contributed by atoms with Crippen molar-refractivity contribution >= 4 is 28.1 Å². The molecule has 2 aromatic heterocycles. The standard InChI is InChI=1S/C20H20N4S/c1-13-12-22-20(25-13)15-7-9-24(10-8-15)19-17(11-21)14(2)16-5-3-4-6-18(16)23-19/h3-6,12,15H,7-10H2,1-2H3. The van der Waals surface area contributed by atoms with E-state index >= 15 is 0 Å². The Bertz CT molecular complexity index is 961. The van der Waals surface area contributed by atoms with E-state index in [0.29, 0.717) is 11.5 Å². The maximum atomic E-state index is 9.70. The number of aromatic nitrogens is 2. The number of aryl methyl sites for hydroxylation is 2. The highest BCUT2D eigenvalue weighted by Gasteiger charge is 2.26. The first kappa shape index (κ1) is 16.0. The predicted molar refractivity (Wildman–Crippen MR) is 102 cm³/mol. The molecule has 0 spiro atoms. The Balaban J connectivity index is 1.64. The third kappa shape index (κ3) is 2.87. The summed E-state index contributed by atoms with van der Waals surface area (Å²) < 4.78 is 0. The van der Waals surface area contributed by atoms with Crippen LogP contribution in [0.3, 0.4) is 0 Å². The van der Waals surface area contributed by atoms with Gasteiger partial charge in [0.1, 0.15) is 11.9 Å². The van der Waals surface area contributed by atoms with Crippen LogP contribution in [-0.4, -0.2) is 23.1 Å². The maximum absolute atomic E-state index is 9.70. The molecule has 4 nitrogen and oxygen atoms in total. The SMILES string of the molecule is Cc1cnc(C2CCN(c3nc4ccccc4c(C)c3C#N)CC2)s1. The van der Waals surface area contributed by atoms with Crippen molar-refractivity contribution in [1.29, 1.82) is 5.26 Å². The third-order valence-corrected chi connectivity index (χ3v) is 6.10. The fourth-order valence-electron chi connectivity index (χ4n) is 3.62. The van der Waals surface area contributed by atoms with Gasteiger partial charge in [-0.3, -0.25) is 0 Å². The van der Waals surface area contributed by atoms with Crippen LogP contribution in [0.4, 0.5) is 5.82 Å². The Morgan fingerprint density at radius 3 is 2.64 bits per heavy atom. The summed E-state index contributed by atoms with van der Waals surface area (Å²) in [6.07, 6.45) is 4.09. The van der Waals surface area contributed by atoms with Crippen molar-refractivity contribution in [2.45, 2.75) is 32.6 Å². The average Bonchev–Trinajstić information content (AvgIpc) is 3.08. The molecule has 0 bridgehead atoms. The summed E-state index contributed by atoms with van der Waals surface area (Å²) in [7, 11) is 0. The summed E-state index contributed by atoms with van der Waals surface area (Å²) in [4.78, 5) is 12.9. The van der Waals surface area contributed by atoms with Crippen molar-refractivity contribution < 1.29 is 0 Å². The summed E-state index contributed by atoms with van der Waals surface area (Å²) in [5, 5.41) is 12.0. The Kier molecular flexibility index (Phi) is 4.14. The number of nitriles is 1. The second-order valence-electron chi connectivity index (χ2n) is 6.63. The predicted octanol–water partition coefficient (Wildman–Crippen LogP) is 4.56. The Morgan fingerprint density at radius 2 is 1.96 bits per heavy atom. The van der Waals surface area contributed by atoms with E-state index in [-0.39, 0.29) is 0 Å². The topological polar surface area (TPSA) is 52.8 Å². The molecule has 0 unspecified atom stereocenters. The minimum absolute atomic E-state index is 0.530. The zero-order valence-electron chi connectivity index (χ0n) is 14.5. The number of hydrogen-bond donors (Lipinski definition) is 0. The van der Waals surface area contributed by atoms with Crippen molar-refractivity contribution in [3.8, 4) is 6.07 Å². The van der Waals surface area contributed by atoms with E-state index in [1.807, 2.05) is 37.4 Å². The van der Waals surface area contributed by atoms with Gasteiger partial charge in [0, 0.05) is 35.5 Å². The van der Waals surface area contributed by atoms with E-state index in [2.05, 4.69) is 22.9 Å². The zero-order chi connectivity index (χ0) is 17.4. The Morgan fingerprint density at radius 1 is 1.20 bits per heavy atom. The number of rotatable bonds is 2. The fraction of sp³-hybridized carbons (Fsp3) is 0.350. The summed E-state index contributed by atoms with van der Waals surface area (Å²) >= 11 is 1.81. The summed E-state index contributed by atoms with van der Waals surface area (Å²) in [5.41, 5.74) is 2.70. The lowest BCUT2D eigenvalue weighted by molar-refractivity contribution is 0.501. The monoisotopic (exact) mass is 348 g/mol. The van der Waals surface area contributed by atoms with Crippen molar-refractivity contribution in [2.24, 2.45) is 0 Å². The normalized spacial score (nSPS) is 15.5. The number of hydrogen-bond acceptors (Lipinski definition) is 5. The third-order valence-electron chi connectivity index (χ3n) is 5.03. The lowest BCUT2D eigenvalue weighted by atomic mass is 9.96. The van der Waals surface area contributed by atoms with Crippen molar-refractivity contribution in [2.75, 3.05) is 18.0 Å². The number of anilines is 1. The highest BCUT2D eigenvalue weighted by Crippen LogP contribution is 2.34. The van der Waals surface area contributed by atoms with Crippen LogP contribution in [0.15, 0.2) is 30.5 Å². The minimum atomic E-state index is 0.530. The van der Waals surface area contributed by atoms with Crippen molar-refractivity contribution in [3.05, 3.63) is 51.5 Å². The van der Waals surface area contributed by atoms with Gasteiger partial charge >= 0.3 is 0 Å². The van der Waals surface area contributed by atoms with Gasteiger partial charge in [-0.05, 0) is 38.3 Å². The molecule has 3 aromatic rings. The molecule has 5 heteroatoms. The van der Waals surface area contributed by atoms with Crippen LogP contribution in [0.1, 0.15) is 39.8 Å². The molecule has 25 heavy (non-hydrogen) atoms. The van der Waals surface area contributed by atoms with Gasteiger partial charge < -0.3 is 4.90 Å². The molecular weight excluding hydrogens is 328 g/mol. The lowest BCUT2D eigenvalue weighted by Crippen LogP contribution is -2.34. The first-order valence-corrected chi connectivity index (χ1v) is 9.45. The van der Waals surface area contributed by atoms with Gasteiger partial charge in [0.2, 0.25) is 0 Å². The molecule has 0 amide bonds. The average molecular weight is 348 g/mol. The molecule has 4 rings (SSSR count). The van der Waals surface area contributed by atoms with Gasteiger partial charge in [0.25, 0.3) is 0 Å². The van der Waals surface area contributed by atoms with E-state index in [4.69, 9.17) is 4.98 Å². The van der Waals surface area contributed by atoms with E-state index in [1.54, 1.807) is 11.3 Å². The highest BCUT2D eigenvalue weighted by atomic mass is 32.1. The molecule has 0 saturated carbocycles. The number of nitrogens with zero attached hydrogens (tertiary/aromatic N) is 4. The van der Waals surface area contributed by atoms with Gasteiger partial charge in [-0.2, -0.15) is 5.26 Å². The fourth-order valence-corrected chi connectivity index (χ4v) is 4.57. The largest absolute Gasteiger partial charge is 0.355 e. The van der Waals surface area contributed by atoms with Crippen LogP contribution in [-0.2, 0) is 0 Å². The number of pyridine rings is 1. The van der Waals surface area contributed by atoms with Crippen molar-refractivity contribution in [1.82, 2.24) is 9.97 Å². The quantitative estimate of drug-likeness (QED) is 0.681. The second-order valence-corrected chi connectivity index (χ2v) is 7.90. The van der Waals surface area contributed by atoms with E-state index < -0.39 is 0 Å². The minimum Gasteiger partial charge on any atom is -0.355 e. The van der Waals surface area contributed by atoms with Gasteiger partial charge in [-0.15, -0.1) is 11.3 Å². The summed E-state index contributed by atoms with van der Waals surface area (Å²) in [6.45, 7) is 5.97. The Hall–Kier alpha value is -2.45. The molecule has 3 heterocycles. The van der Waals surface area contributed by atoms with E-state index in [0.717, 1.165) is 48.2 Å². The molecule has 1 aliphatic heterocycles. The zero-order valence-corrected chi connectivity index (χ0v) is 15.3. The van der Waals surface area contributed by atoms with Gasteiger partial charge in [0.15, 0.2) is 0 Å². The summed E-state index contributed by atoms with van der Waals surface area (Å²) in [6, 6.07) is 10.5. The number of piperidine rings is 1. The van der Waals surface area contributed by atoms with Crippen LogP contribution in [0.5, 0.6) is 0 Å². The van der Waals surface area contributed by atoms with Crippen LogP contribution < -0.4 is 4.90 Å². The van der Waals surface area contributed by atoms with E-state index in [9.17, 15) is 5.26 Å². The van der Waals surface area contributed by atoms with Crippen LogP contribution in [0.25, 0.3) is 10.9 Å². The van der Waals surface area contributed by atoms with Crippen LogP contribution in [0.2, 0.25) is 0 Å². The maximum Gasteiger partial charge on any atom is 0.147 e. The number of para-hydroxylation sites is 1. The van der Waals surface area contributed by atoms with Crippen LogP contribution in [0, 0.1) is 25.2 Å².